The molecule has 0 saturated carbocycles. The van der Waals surface area contributed by atoms with E-state index in [0.29, 0.717) is 31.3 Å². The van der Waals surface area contributed by atoms with Gasteiger partial charge in [0.2, 0.25) is 5.91 Å². The summed E-state index contributed by atoms with van der Waals surface area (Å²) in [4.78, 5) is 38.0. The molecule has 4 heterocycles. The lowest BCUT2D eigenvalue weighted by atomic mass is 9.87. The molecule has 2 amide bonds. The van der Waals surface area contributed by atoms with Gasteiger partial charge in [-0.05, 0) is 40.7 Å². The van der Waals surface area contributed by atoms with E-state index in [4.69, 9.17) is 14.6 Å². The minimum Gasteiger partial charge on any atom is -0.444 e. The molecule has 0 N–H and O–H groups in total. The fourth-order valence-corrected chi connectivity index (χ4v) is 4.97. The first-order chi connectivity index (χ1) is 16.2. The maximum absolute atomic E-state index is 13.3. The minimum atomic E-state index is -1.23. The van der Waals surface area contributed by atoms with E-state index in [-0.39, 0.29) is 18.7 Å². The number of hydrogen-bond acceptors (Lipinski definition) is 7. The Morgan fingerprint density at radius 3 is 2.46 bits per heavy atom. The molecule has 0 saturated heterocycles. The van der Waals surface area contributed by atoms with Gasteiger partial charge in [0.05, 0.1) is 29.8 Å². The van der Waals surface area contributed by atoms with Gasteiger partial charge in [0.25, 0.3) is 0 Å². The van der Waals surface area contributed by atoms with Crippen molar-refractivity contribution in [3.05, 3.63) is 29.3 Å². The highest BCUT2D eigenvalue weighted by Crippen LogP contribution is 2.42. The summed E-state index contributed by atoms with van der Waals surface area (Å²) in [5.74, 6) is 1.05. The molecule has 0 unspecified atom stereocenters. The third-order valence-electron chi connectivity index (χ3n) is 6.13. The zero-order valence-electron chi connectivity index (χ0n) is 22.0. The van der Waals surface area contributed by atoms with Crippen molar-refractivity contribution < 1.29 is 19.1 Å². The molecule has 0 atom stereocenters. The van der Waals surface area contributed by atoms with Gasteiger partial charge in [-0.1, -0.05) is 19.6 Å². The van der Waals surface area contributed by atoms with Gasteiger partial charge < -0.3 is 9.47 Å². The first kappa shape index (κ1) is 25.3. The molecule has 11 heteroatoms. The Bertz CT molecular complexity index is 1120. The monoisotopic (exact) mass is 500 g/mol. The zero-order valence-corrected chi connectivity index (χ0v) is 23.0. The molecule has 0 aliphatic carbocycles. The first-order valence-corrected chi connectivity index (χ1v) is 15.7. The van der Waals surface area contributed by atoms with Gasteiger partial charge in [0.1, 0.15) is 24.5 Å². The molecule has 0 radical (unpaired) electrons. The third-order valence-corrected chi connectivity index (χ3v) is 7.84. The standard InChI is InChI=1S/C24H36N6O4Si/c1-23(2,3)34-22(32)28-11-16-12-30(27-17(16)13-28)20-18-19(25-14-26-20)29(21(31)24(18,4)5)15-33-9-10-35(6,7)8/h12,14H,9-11,13,15H2,1-8H3. The van der Waals surface area contributed by atoms with Crippen molar-refractivity contribution in [3.8, 4) is 5.82 Å². The topological polar surface area (TPSA) is 103 Å². The minimum absolute atomic E-state index is 0.0712. The van der Waals surface area contributed by atoms with Crippen LogP contribution in [0.2, 0.25) is 25.7 Å². The van der Waals surface area contributed by atoms with Crippen molar-refractivity contribution >= 4 is 25.9 Å². The van der Waals surface area contributed by atoms with Crippen LogP contribution in [0, 0.1) is 0 Å². The number of hydrogen-bond donors (Lipinski definition) is 0. The average Bonchev–Trinajstić information content (AvgIpc) is 3.35. The summed E-state index contributed by atoms with van der Waals surface area (Å²) in [5, 5.41) is 4.71. The molecule has 35 heavy (non-hydrogen) atoms. The van der Waals surface area contributed by atoms with Crippen LogP contribution in [-0.4, -0.2) is 63.7 Å². The van der Waals surface area contributed by atoms with Crippen LogP contribution in [0.1, 0.15) is 51.4 Å². The summed E-state index contributed by atoms with van der Waals surface area (Å²) in [6.45, 7) is 17.7. The van der Waals surface area contributed by atoms with Gasteiger partial charge in [0, 0.05) is 26.4 Å². The quantitative estimate of drug-likeness (QED) is 0.438. The van der Waals surface area contributed by atoms with Crippen LogP contribution < -0.4 is 4.90 Å². The van der Waals surface area contributed by atoms with Crippen molar-refractivity contribution in [2.45, 2.75) is 84.4 Å². The van der Waals surface area contributed by atoms with Gasteiger partial charge in [0.15, 0.2) is 5.82 Å². The Morgan fingerprint density at radius 1 is 1.14 bits per heavy atom. The van der Waals surface area contributed by atoms with E-state index in [1.165, 1.54) is 6.33 Å². The summed E-state index contributed by atoms with van der Waals surface area (Å²) >= 11 is 0. The molecular formula is C24H36N6O4Si. The second kappa shape index (κ2) is 8.70. The molecule has 2 aliphatic heterocycles. The maximum atomic E-state index is 13.3. The number of carbonyl (C=O) groups excluding carboxylic acids is 2. The Hall–Kier alpha value is -2.79. The summed E-state index contributed by atoms with van der Waals surface area (Å²) in [7, 11) is -1.23. The Balaban J connectivity index is 1.55. The molecule has 0 fully saturated rings. The zero-order chi connectivity index (χ0) is 25.8. The second-order valence-corrected chi connectivity index (χ2v) is 17.6. The van der Waals surface area contributed by atoms with Crippen LogP contribution in [0.25, 0.3) is 5.82 Å². The van der Waals surface area contributed by atoms with Gasteiger partial charge in [-0.15, -0.1) is 0 Å². The highest BCUT2D eigenvalue weighted by atomic mass is 28.3. The van der Waals surface area contributed by atoms with Crippen molar-refractivity contribution in [1.29, 1.82) is 0 Å². The molecule has 2 aliphatic rings. The molecule has 2 aromatic heterocycles. The lowest BCUT2D eigenvalue weighted by Gasteiger charge is -2.24. The van der Waals surface area contributed by atoms with Crippen molar-refractivity contribution in [2.75, 3.05) is 18.2 Å². The number of anilines is 1. The second-order valence-electron chi connectivity index (χ2n) is 12.0. The Kier molecular flexibility index (Phi) is 6.29. The van der Waals surface area contributed by atoms with E-state index in [1.54, 1.807) is 14.5 Å². The number of amides is 2. The number of fused-ring (bicyclic) bond motifs is 2. The maximum Gasteiger partial charge on any atom is 0.410 e. The number of carbonyl (C=O) groups is 2. The molecule has 10 nitrogen and oxygen atoms in total. The summed E-state index contributed by atoms with van der Waals surface area (Å²) in [6, 6.07) is 1.03. The molecule has 0 bridgehead atoms. The van der Waals surface area contributed by atoms with Gasteiger partial charge in [-0.3, -0.25) is 14.6 Å². The van der Waals surface area contributed by atoms with Gasteiger partial charge >= 0.3 is 6.09 Å². The van der Waals surface area contributed by atoms with Crippen LogP contribution in [0.15, 0.2) is 12.5 Å². The molecule has 0 spiro atoms. The van der Waals surface area contributed by atoms with Gasteiger partial charge in [-0.2, -0.15) is 5.10 Å². The van der Waals surface area contributed by atoms with Crippen molar-refractivity contribution in [3.63, 3.8) is 0 Å². The fraction of sp³-hybridized carbons (Fsp3) is 0.625. The van der Waals surface area contributed by atoms with E-state index >= 15 is 0 Å². The lowest BCUT2D eigenvalue weighted by molar-refractivity contribution is -0.123. The van der Waals surface area contributed by atoms with Gasteiger partial charge in [-0.25, -0.2) is 19.4 Å². The number of aromatic nitrogens is 4. The van der Waals surface area contributed by atoms with Crippen LogP contribution in [0.3, 0.4) is 0 Å². The number of nitrogens with zero attached hydrogens (tertiary/aromatic N) is 6. The highest BCUT2D eigenvalue weighted by Gasteiger charge is 2.48. The molecule has 4 rings (SSSR count). The van der Waals surface area contributed by atoms with Crippen molar-refractivity contribution in [1.82, 2.24) is 24.6 Å². The predicted molar refractivity (Wildman–Crippen MR) is 134 cm³/mol. The SMILES string of the molecule is CC(C)(C)OC(=O)N1Cc2cn(-c3ncnc4c3C(C)(C)C(=O)N4COCC[Si](C)(C)C)nc2C1. The number of ether oxygens (including phenoxy) is 2. The van der Waals surface area contributed by atoms with Crippen LogP contribution in [0.4, 0.5) is 10.6 Å². The number of rotatable bonds is 6. The summed E-state index contributed by atoms with van der Waals surface area (Å²) in [6.07, 6.45) is 2.97. The van der Waals surface area contributed by atoms with E-state index < -0.39 is 19.1 Å². The molecule has 0 aromatic carbocycles. The fourth-order valence-electron chi connectivity index (χ4n) is 4.22. The molecule has 190 valence electrons. The molecule has 2 aromatic rings. The van der Waals surface area contributed by atoms with E-state index in [0.717, 1.165) is 22.9 Å². The Labute approximate surface area is 207 Å². The third kappa shape index (κ3) is 5.11. The largest absolute Gasteiger partial charge is 0.444 e. The molecular weight excluding hydrogens is 464 g/mol. The van der Waals surface area contributed by atoms with Crippen molar-refractivity contribution in [2.24, 2.45) is 0 Å². The summed E-state index contributed by atoms with van der Waals surface area (Å²) in [5.41, 5.74) is 1.06. The van der Waals surface area contributed by atoms with E-state index in [2.05, 4.69) is 29.6 Å². The van der Waals surface area contributed by atoms with E-state index in [9.17, 15) is 9.59 Å². The predicted octanol–water partition coefficient (Wildman–Crippen LogP) is 3.85. The lowest BCUT2D eigenvalue weighted by Crippen LogP contribution is -2.38. The smallest absolute Gasteiger partial charge is 0.410 e. The average molecular weight is 501 g/mol. The van der Waals surface area contributed by atoms with E-state index in [1.807, 2.05) is 40.8 Å². The van der Waals surface area contributed by atoms with Crippen LogP contribution in [-0.2, 0) is 32.8 Å². The van der Waals surface area contributed by atoms with Crippen LogP contribution >= 0.6 is 0 Å². The summed E-state index contributed by atoms with van der Waals surface area (Å²) < 4.78 is 13.1. The Morgan fingerprint density at radius 2 is 1.83 bits per heavy atom. The van der Waals surface area contributed by atoms with Crippen LogP contribution in [0.5, 0.6) is 0 Å². The first-order valence-electron chi connectivity index (χ1n) is 12.0. The normalized spacial score (nSPS) is 17.1. The highest BCUT2D eigenvalue weighted by molar-refractivity contribution is 6.76.